The normalized spacial score (nSPS) is 16.0. The molecule has 0 radical (unpaired) electrons. The predicted octanol–water partition coefficient (Wildman–Crippen LogP) is 0.139. The van der Waals surface area contributed by atoms with Crippen LogP contribution in [0.2, 0.25) is 0 Å². The lowest BCUT2D eigenvalue weighted by molar-refractivity contribution is -0.127. The first-order valence-corrected chi connectivity index (χ1v) is 3.53. The van der Waals surface area contributed by atoms with E-state index in [0.717, 1.165) is 0 Å². The lowest BCUT2D eigenvalue weighted by Gasteiger charge is -2.14. The van der Waals surface area contributed by atoms with Crippen molar-refractivity contribution in [2.24, 2.45) is 5.92 Å². The van der Waals surface area contributed by atoms with Crippen LogP contribution in [0.25, 0.3) is 0 Å². The molecule has 3 heteroatoms. The number of carbonyl (C=O) groups is 1. The van der Waals surface area contributed by atoms with Crippen molar-refractivity contribution >= 4 is 5.91 Å². The maximum absolute atomic E-state index is 10.8. The number of carbonyl (C=O) groups excluding carboxylic acids is 1. The van der Waals surface area contributed by atoms with Crippen molar-refractivity contribution < 1.29 is 9.90 Å². The predicted molar refractivity (Wildman–Crippen MR) is 39.5 cm³/mol. The summed E-state index contributed by atoms with van der Waals surface area (Å²) in [6.45, 7) is 3.57. The molecule has 0 rings (SSSR count). The van der Waals surface area contributed by atoms with Crippen molar-refractivity contribution in [2.45, 2.75) is 26.4 Å². The van der Waals surface area contributed by atoms with E-state index < -0.39 is 6.10 Å². The molecule has 60 valence electrons. The van der Waals surface area contributed by atoms with Gasteiger partial charge in [-0.1, -0.05) is 13.8 Å². The van der Waals surface area contributed by atoms with Gasteiger partial charge in [0.1, 0.15) is 0 Å². The van der Waals surface area contributed by atoms with Gasteiger partial charge >= 0.3 is 0 Å². The zero-order chi connectivity index (χ0) is 8.15. The molecule has 0 aliphatic heterocycles. The smallest absolute Gasteiger partial charge is 0.225 e. The summed E-state index contributed by atoms with van der Waals surface area (Å²) >= 11 is 0. The summed E-state index contributed by atoms with van der Waals surface area (Å²) < 4.78 is 0. The van der Waals surface area contributed by atoms with Gasteiger partial charge in [0.25, 0.3) is 0 Å². The van der Waals surface area contributed by atoms with Crippen molar-refractivity contribution in [2.75, 3.05) is 7.05 Å². The summed E-state index contributed by atoms with van der Waals surface area (Å²) in [5.74, 6) is -0.399. The van der Waals surface area contributed by atoms with Gasteiger partial charge in [-0.05, 0) is 6.42 Å². The van der Waals surface area contributed by atoms with Crippen LogP contribution in [0, 0.1) is 5.92 Å². The minimum atomic E-state index is -0.514. The van der Waals surface area contributed by atoms with E-state index in [1.54, 1.807) is 14.0 Å². The summed E-state index contributed by atoms with van der Waals surface area (Å²) in [5.41, 5.74) is 0. The van der Waals surface area contributed by atoms with Crippen LogP contribution in [0.4, 0.5) is 0 Å². The molecule has 0 fully saturated rings. The molecule has 0 unspecified atom stereocenters. The number of hydrogen-bond donors (Lipinski definition) is 2. The molecule has 0 aromatic heterocycles. The third kappa shape index (κ3) is 2.35. The van der Waals surface area contributed by atoms with E-state index in [-0.39, 0.29) is 11.8 Å². The average Bonchev–Trinajstić information content (AvgIpc) is 2.00. The Bertz CT molecular complexity index is 114. The van der Waals surface area contributed by atoms with Gasteiger partial charge < -0.3 is 10.4 Å². The number of aliphatic hydroxyl groups is 1. The summed E-state index contributed by atoms with van der Waals surface area (Å²) in [5, 5.41) is 11.6. The lowest BCUT2D eigenvalue weighted by Crippen LogP contribution is -2.33. The number of nitrogens with one attached hydrogen (secondary N) is 1. The molecule has 2 N–H and O–H groups in total. The van der Waals surface area contributed by atoms with Gasteiger partial charge in [-0.2, -0.15) is 0 Å². The summed E-state index contributed by atoms with van der Waals surface area (Å²) in [6, 6.07) is 0. The molecule has 0 aliphatic carbocycles. The van der Waals surface area contributed by atoms with Crippen LogP contribution in [-0.4, -0.2) is 24.2 Å². The van der Waals surface area contributed by atoms with Gasteiger partial charge in [0.05, 0.1) is 12.0 Å². The molecular weight excluding hydrogens is 130 g/mol. The minimum absolute atomic E-state index is 0.102. The van der Waals surface area contributed by atoms with E-state index in [2.05, 4.69) is 5.32 Å². The highest BCUT2D eigenvalue weighted by molar-refractivity contribution is 5.78. The maximum atomic E-state index is 10.8. The Morgan fingerprint density at radius 3 is 2.50 bits per heavy atom. The first-order chi connectivity index (χ1) is 4.63. The SMILES string of the molecule is CC[C@H](O)[C@H](C)C(=O)NC. The monoisotopic (exact) mass is 145 g/mol. The molecule has 0 spiro atoms. The average molecular weight is 145 g/mol. The Kier molecular flexibility index (Phi) is 4.03. The molecule has 1 amide bonds. The first kappa shape index (κ1) is 9.43. The zero-order valence-electron chi connectivity index (χ0n) is 6.72. The maximum Gasteiger partial charge on any atom is 0.225 e. The van der Waals surface area contributed by atoms with E-state index in [0.29, 0.717) is 6.42 Å². The lowest BCUT2D eigenvalue weighted by atomic mass is 10.0. The van der Waals surface area contributed by atoms with Crippen molar-refractivity contribution in [1.29, 1.82) is 0 Å². The molecule has 2 atom stereocenters. The standard InChI is InChI=1S/C7H15NO2/c1-4-6(9)5(2)7(10)8-3/h5-6,9H,4H2,1-3H3,(H,8,10)/t5-,6-/m0/s1. The molecule has 3 nitrogen and oxygen atoms in total. The van der Waals surface area contributed by atoms with Crippen LogP contribution in [-0.2, 0) is 4.79 Å². The molecule has 0 heterocycles. The Hall–Kier alpha value is -0.570. The molecule has 0 aromatic carbocycles. The van der Waals surface area contributed by atoms with Gasteiger partial charge in [-0.3, -0.25) is 4.79 Å². The molecule has 0 aromatic rings. The summed E-state index contributed by atoms with van der Waals surface area (Å²) in [6.07, 6.45) is 0.106. The Labute approximate surface area is 61.4 Å². The van der Waals surface area contributed by atoms with E-state index in [1.165, 1.54) is 0 Å². The van der Waals surface area contributed by atoms with Crippen molar-refractivity contribution in [3.05, 3.63) is 0 Å². The second-order valence-electron chi connectivity index (χ2n) is 2.38. The second-order valence-corrected chi connectivity index (χ2v) is 2.38. The fourth-order valence-electron chi connectivity index (χ4n) is 0.756. The highest BCUT2D eigenvalue weighted by Gasteiger charge is 2.18. The topological polar surface area (TPSA) is 49.3 Å². The van der Waals surface area contributed by atoms with Gasteiger partial charge in [0, 0.05) is 7.05 Å². The number of aliphatic hydroxyl groups excluding tert-OH is 1. The second kappa shape index (κ2) is 4.28. The molecule has 0 saturated carbocycles. The third-order valence-corrected chi connectivity index (χ3v) is 1.66. The number of hydrogen-bond acceptors (Lipinski definition) is 2. The van der Waals surface area contributed by atoms with Crippen molar-refractivity contribution in [3.63, 3.8) is 0 Å². The van der Waals surface area contributed by atoms with E-state index in [4.69, 9.17) is 5.11 Å². The first-order valence-electron chi connectivity index (χ1n) is 3.53. The molecule has 0 aliphatic rings. The Morgan fingerprint density at radius 1 is 1.70 bits per heavy atom. The molecular formula is C7H15NO2. The highest BCUT2D eigenvalue weighted by Crippen LogP contribution is 2.05. The number of rotatable bonds is 3. The van der Waals surface area contributed by atoms with Crippen LogP contribution < -0.4 is 5.32 Å². The molecule has 10 heavy (non-hydrogen) atoms. The van der Waals surface area contributed by atoms with Crippen LogP contribution in [0.15, 0.2) is 0 Å². The summed E-state index contributed by atoms with van der Waals surface area (Å²) in [4.78, 5) is 10.8. The van der Waals surface area contributed by atoms with E-state index in [9.17, 15) is 4.79 Å². The van der Waals surface area contributed by atoms with Crippen molar-refractivity contribution in [3.8, 4) is 0 Å². The minimum Gasteiger partial charge on any atom is -0.392 e. The Balaban J connectivity index is 3.81. The van der Waals surface area contributed by atoms with E-state index in [1.807, 2.05) is 6.92 Å². The Morgan fingerprint density at radius 2 is 2.20 bits per heavy atom. The third-order valence-electron chi connectivity index (χ3n) is 1.66. The zero-order valence-corrected chi connectivity index (χ0v) is 6.72. The molecule has 0 saturated heterocycles. The van der Waals surface area contributed by atoms with Crippen molar-refractivity contribution in [1.82, 2.24) is 5.32 Å². The van der Waals surface area contributed by atoms with Crippen LogP contribution in [0.3, 0.4) is 0 Å². The van der Waals surface area contributed by atoms with Gasteiger partial charge in [-0.15, -0.1) is 0 Å². The van der Waals surface area contributed by atoms with Crippen LogP contribution in [0.1, 0.15) is 20.3 Å². The van der Waals surface area contributed by atoms with Gasteiger partial charge in [0.15, 0.2) is 0 Å². The quantitative estimate of drug-likeness (QED) is 0.593. The van der Waals surface area contributed by atoms with E-state index >= 15 is 0 Å². The largest absolute Gasteiger partial charge is 0.392 e. The van der Waals surface area contributed by atoms with Crippen LogP contribution >= 0.6 is 0 Å². The van der Waals surface area contributed by atoms with Gasteiger partial charge in [-0.25, -0.2) is 0 Å². The van der Waals surface area contributed by atoms with Gasteiger partial charge in [0.2, 0.25) is 5.91 Å². The van der Waals surface area contributed by atoms with Crippen LogP contribution in [0.5, 0.6) is 0 Å². The fourth-order valence-corrected chi connectivity index (χ4v) is 0.756. The highest BCUT2D eigenvalue weighted by atomic mass is 16.3. The summed E-state index contributed by atoms with van der Waals surface area (Å²) in [7, 11) is 1.57. The number of amides is 1. The molecule has 0 bridgehead atoms. The fraction of sp³-hybridized carbons (Fsp3) is 0.857.